The van der Waals surface area contributed by atoms with Crippen LogP contribution in [0.2, 0.25) is 0 Å². The molecule has 0 saturated carbocycles. The van der Waals surface area contributed by atoms with Gasteiger partial charge >= 0.3 is 0 Å². The van der Waals surface area contributed by atoms with Crippen LogP contribution >= 0.6 is 0 Å². The standard InChI is InChI=1S/C21H21FN2O/c1-14(17-11-10-16-6-3-4-7-18(16)12-17)23-15(2)21(25)24-20-9-5-8-19(22)13-20/h3-15,23H,1-2H3,(H,24,25). The van der Waals surface area contributed by atoms with Crippen molar-refractivity contribution in [1.29, 1.82) is 0 Å². The normalized spacial score (nSPS) is 13.4. The van der Waals surface area contributed by atoms with Crippen LogP contribution in [0.15, 0.2) is 66.7 Å². The number of fused-ring (bicyclic) bond motifs is 1. The van der Waals surface area contributed by atoms with Gasteiger partial charge in [0.15, 0.2) is 0 Å². The van der Waals surface area contributed by atoms with Gasteiger partial charge in [0.2, 0.25) is 5.91 Å². The molecule has 3 rings (SSSR count). The van der Waals surface area contributed by atoms with Crippen molar-refractivity contribution in [1.82, 2.24) is 5.32 Å². The van der Waals surface area contributed by atoms with Gasteiger partial charge in [-0.05, 0) is 54.4 Å². The van der Waals surface area contributed by atoms with Crippen LogP contribution in [0.4, 0.5) is 10.1 Å². The zero-order valence-electron chi connectivity index (χ0n) is 14.3. The number of carbonyl (C=O) groups is 1. The second kappa shape index (κ2) is 7.45. The van der Waals surface area contributed by atoms with Gasteiger partial charge in [0.1, 0.15) is 5.82 Å². The number of anilines is 1. The molecule has 0 bridgehead atoms. The first-order valence-corrected chi connectivity index (χ1v) is 8.34. The molecule has 3 aromatic rings. The molecule has 2 N–H and O–H groups in total. The number of carbonyl (C=O) groups excluding carboxylic acids is 1. The molecule has 0 fully saturated rings. The minimum Gasteiger partial charge on any atom is -0.325 e. The molecule has 1 amide bonds. The monoisotopic (exact) mass is 336 g/mol. The zero-order valence-corrected chi connectivity index (χ0v) is 14.3. The number of hydrogen-bond donors (Lipinski definition) is 2. The Morgan fingerprint density at radius 3 is 2.44 bits per heavy atom. The minimum absolute atomic E-state index is 0.0119. The second-order valence-electron chi connectivity index (χ2n) is 6.22. The minimum atomic E-state index is -0.412. The first-order valence-electron chi connectivity index (χ1n) is 8.34. The summed E-state index contributed by atoms with van der Waals surface area (Å²) in [6, 6.07) is 19.9. The van der Waals surface area contributed by atoms with Crippen molar-refractivity contribution in [3.63, 3.8) is 0 Å². The van der Waals surface area contributed by atoms with Gasteiger partial charge in [0, 0.05) is 11.7 Å². The lowest BCUT2D eigenvalue weighted by atomic mass is 10.0. The Morgan fingerprint density at radius 2 is 1.68 bits per heavy atom. The number of rotatable bonds is 5. The predicted octanol–water partition coefficient (Wildman–Crippen LogP) is 4.66. The van der Waals surface area contributed by atoms with E-state index in [0.717, 1.165) is 5.56 Å². The van der Waals surface area contributed by atoms with E-state index in [0.29, 0.717) is 5.69 Å². The number of benzene rings is 3. The zero-order chi connectivity index (χ0) is 17.8. The molecule has 0 spiro atoms. The molecule has 0 radical (unpaired) electrons. The van der Waals surface area contributed by atoms with E-state index in [2.05, 4.69) is 41.0 Å². The second-order valence-corrected chi connectivity index (χ2v) is 6.22. The summed E-state index contributed by atoms with van der Waals surface area (Å²) >= 11 is 0. The van der Waals surface area contributed by atoms with Gasteiger partial charge in [-0.15, -0.1) is 0 Å². The molecule has 3 aromatic carbocycles. The van der Waals surface area contributed by atoms with Crippen LogP contribution in [0.5, 0.6) is 0 Å². The molecule has 2 atom stereocenters. The third-order valence-electron chi connectivity index (χ3n) is 4.26. The molecular weight excluding hydrogens is 315 g/mol. The molecule has 0 saturated heterocycles. The van der Waals surface area contributed by atoms with Crippen LogP contribution in [0.25, 0.3) is 10.8 Å². The number of hydrogen-bond acceptors (Lipinski definition) is 2. The van der Waals surface area contributed by atoms with Gasteiger partial charge in [-0.3, -0.25) is 10.1 Å². The third kappa shape index (κ3) is 4.22. The Morgan fingerprint density at radius 1 is 0.920 bits per heavy atom. The molecule has 2 unspecified atom stereocenters. The fourth-order valence-electron chi connectivity index (χ4n) is 2.84. The highest BCUT2D eigenvalue weighted by atomic mass is 19.1. The van der Waals surface area contributed by atoms with Crippen molar-refractivity contribution in [3.05, 3.63) is 78.1 Å². The van der Waals surface area contributed by atoms with Crippen LogP contribution in [-0.4, -0.2) is 11.9 Å². The number of halogens is 1. The molecule has 0 heterocycles. The Hall–Kier alpha value is -2.72. The van der Waals surface area contributed by atoms with Crippen LogP contribution in [0.3, 0.4) is 0 Å². The Bertz CT molecular complexity index is 894. The lowest BCUT2D eigenvalue weighted by Crippen LogP contribution is -2.39. The molecule has 0 aliphatic rings. The maximum Gasteiger partial charge on any atom is 0.241 e. The highest BCUT2D eigenvalue weighted by molar-refractivity contribution is 5.94. The maximum atomic E-state index is 13.2. The van der Waals surface area contributed by atoms with Crippen LogP contribution in [0, 0.1) is 5.82 Å². The first kappa shape index (κ1) is 17.1. The molecule has 25 heavy (non-hydrogen) atoms. The smallest absolute Gasteiger partial charge is 0.241 e. The summed E-state index contributed by atoms with van der Waals surface area (Å²) in [4.78, 5) is 12.3. The van der Waals surface area contributed by atoms with E-state index >= 15 is 0 Å². The highest BCUT2D eigenvalue weighted by Gasteiger charge is 2.16. The van der Waals surface area contributed by atoms with Gasteiger partial charge in [-0.25, -0.2) is 4.39 Å². The molecule has 3 nitrogen and oxygen atoms in total. The van der Waals surface area contributed by atoms with Crippen LogP contribution < -0.4 is 10.6 Å². The molecule has 0 aliphatic carbocycles. The first-order chi connectivity index (χ1) is 12.0. The lowest BCUT2D eigenvalue weighted by molar-refractivity contribution is -0.117. The average Bonchev–Trinajstić information content (AvgIpc) is 2.61. The number of amides is 1. The Labute approximate surface area is 146 Å². The molecule has 128 valence electrons. The Balaban J connectivity index is 1.66. The van der Waals surface area contributed by atoms with Crippen molar-refractivity contribution in [2.24, 2.45) is 0 Å². The molecule has 0 aliphatic heterocycles. The SMILES string of the molecule is CC(NC(C)c1ccc2ccccc2c1)C(=O)Nc1cccc(F)c1. The fourth-order valence-corrected chi connectivity index (χ4v) is 2.84. The Kier molecular flexibility index (Phi) is 5.10. The predicted molar refractivity (Wildman–Crippen MR) is 100.0 cm³/mol. The summed E-state index contributed by atoms with van der Waals surface area (Å²) < 4.78 is 13.2. The molecule has 4 heteroatoms. The van der Waals surface area contributed by atoms with Gasteiger partial charge in [0.25, 0.3) is 0 Å². The van der Waals surface area contributed by atoms with Gasteiger partial charge in [-0.2, -0.15) is 0 Å². The van der Waals surface area contributed by atoms with Crippen molar-refractivity contribution < 1.29 is 9.18 Å². The summed E-state index contributed by atoms with van der Waals surface area (Å²) in [5.74, 6) is -0.568. The van der Waals surface area contributed by atoms with Crippen molar-refractivity contribution in [2.75, 3.05) is 5.32 Å². The number of nitrogens with one attached hydrogen (secondary N) is 2. The third-order valence-corrected chi connectivity index (χ3v) is 4.26. The summed E-state index contributed by atoms with van der Waals surface area (Å²) in [6.07, 6.45) is 0. The molecule has 0 aromatic heterocycles. The topological polar surface area (TPSA) is 41.1 Å². The highest BCUT2D eigenvalue weighted by Crippen LogP contribution is 2.20. The van der Waals surface area contributed by atoms with E-state index in [9.17, 15) is 9.18 Å². The van der Waals surface area contributed by atoms with Gasteiger partial charge < -0.3 is 5.32 Å². The van der Waals surface area contributed by atoms with Gasteiger partial charge in [-0.1, -0.05) is 42.5 Å². The van der Waals surface area contributed by atoms with E-state index in [1.807, 2.05) is 19.1 Å². The maximum absolute atomic E-state index is 13.2. The molecular formula is C21H21FN2O. The van der Waals surface area contributed by atoms with E-state index in [1.54, 1.807) is 19.1 Å². The van der Waals surface area contributed by atoms with Crippen LogP contribution in [0.1, 0.15) is 25.5 Å². The quantitative estimate of drug-likeness (QED) is 0.712. The van der Waals surface area contributed by atoms with Crippen molar-refractivity contribution in [3.8, 4) is 0 Å². The van der Waals surface area contributed by atoms with E-state index in [4.69, 9.17) is 0 Å². The fraction of sp³-hybridized carbons (Fsp3) is 0.190. The van der Waals surface area contributed by atoms with E-state index < -0.39 is 6.04 Å². The van der Waals surface area contributed by atoms with Crippen molar-refractivity contribution >= 4 is 22.4 Å². The van der Waals surface area contributed by atoms with E-state index in [1.165, 1.54) is 22.9 Å². The van der Waals surface area contributed by atoms with Crippen molar-refractivity contribution in [2.45, 2.75) is 25.9 Å². The summed E-state index contributed by atoms with van der Waals surface area (Å²) in [5, 5.41) is 8.38. The average molecular weight is 336 g/mol. The lowest BCUT2D eigenvalue weighted by Gasteiger charge is -2.20. The van der Waals surface area contributed by atoms with Crippen LogP contribution in [-0.2, 0) is 4.79 Å². The summed E-state index contributed by atoms with van der Waals surface area (Å²) in [7, 11) is 0. The van der Waals surface area contributed by atoms with Gasteiger partial charge in [0.05, 0.1) is 6.04 Å². The van der Waals surface area contributed by atoms with E-state index in [-0.39, 0.29) is 17.8 Å². The largest absolute Gasteiger partial charge is 0.325 e. The summed E-state index contributed by atoms with van der Waals surface area (Å²) in [5.41, 5.74) is 1.57. The summed E-state index contributed by atoms with van der Waals surface area (Å²) in [6.45, 7) is 3.82.